The zero-order valence-electron chi connectivity index (χ0n) is 10.6. The highest BCUT2D eigenvalue weighted by Crippen LogP contribution is 2.31. The molecule has 6 nitrogen and oxygen atoms in total. The van der Waals surface area contributed by atoms with Crippen LogP contribution in [0.5, 0.6) is 0 Å². The summed E-state index contributed by atoms with van der Waals surface area (Å²) in [5.74, 6) is 0. The van der Waals surface area contributed by atoms with Crippen molar-refractivity contribution in [1.82, 2.24) is 0 Å². The quantitative estimate of drug-likeness (QED) is 0.409. The molecule has 18 heavy (non-hydrogen) atoms. The third kappa shape index (κ3) is 3.59. The Balaban J connectivity index is 2.85. The van der Waals surface area contributed by atoms with E-state index in [0.717, 1.165) is 0 Å². The topological polar surface area (TPSA) is 101 Å². The Hall–Kier alpha value is -1.82. The molecule has 1 aromatic carbocycles. The number of rotatable bonds is 6. The van der Waals surface area contributed by atoms with Gasteiger partial charge < -0.3 is 16.2 Å². The molecule has 0 amide bonds. The molecule has 0 aliphatic heterocycles. The highest BCUT2D eigenvalue weighted by molar-refractivity contribution is 5.74. The lowest BCUT2D eigenvalue weighted by Crippen LogP contribution is -2.24. The summed E-state index contributed by atoms with van der Waals surface area (Å²) in [7, 11) is 0. The van der Waals surface area contributed by atoms with Crippen molar-refractivity contribution in [2.24, 2.45) is 5.41 Å². The first-order valence-electron chi connectivity index (χ1n) is 5.75. The Morgan fingerprint density at radius 2 is 2.17 bits per heavy atom. The molecule has 1 rings (SSSR count). The van der Waals surface area contributed by atoms with Gasteiger partial charge in [0.1, 0.15) is 11.4 Å². The van der Waals surface area contributed by atoms with Crippen LogP contribution in [0.25, 0.3) is 0 Å². The fourth-order valence-corrected chi connectivity index (χ4v) is 1.63. The van der Waals surface area contributed by atoms with Gasteiger partial charge in [-0.15, -0.1) is 0 Å². The molecular formula is C12H19N3O3. The van der Waals surface area contributed by atoms with Crippen LogP contribution in [-0.4, -0.2) is 23.2 Å². The summed E-state index contributed by atoms with van der Waals surface area (Å²) in [5, 5.41) is 22.9. The summed E-state index contributed by atoms with van der Waals surface area (Å²) >= 11 is 0. The molecule has 6 heteroatoms. The maximum Gasteiger partial charge on any atom is 0.314 e. The van der Waals surface area contributed by atoms with Gasteiger partial charge in [0.2, 0.25) is 0 Å². The van der Waals surface area contributed by atoms with E-state index in [9.17, 15) is 10.1 Å². The van der Waals surface area contributed by atoms with E-state index in [4.69, 9.17) is 10.8 Å². The predicted octanol–water partition coefficient (Wildman–Crippen LogP) is 2.00. The van der Waals surface area contributed by atoms with Crippen LogP contribution in [0.15, 0.2) is 18.2 Å². The van der Waals surface area contributed by atoms with Crippen molar-refractivity contribution in [3.8, 4) is 0 Å². The molecule has 0 aromatic heterocycles. The number of benzene rings is 1. The summed E-state index contributed by atoms with van der Waals surface area (Å²) in [6.45, 7) is 4.58. The van der Waals surface area contributed by atoms with Crippen molar-refractivity contribution in [2.75, 3.05) is 24.2 Å². The highest BCUT2D eigenvalue weighted by atomic mass is 16.6. The van der Waals surface area contributed by atoms with Crippen LogP contribution in [0.1, 0.15) is 20.3 Å². The van der Waals surface area contributed by atoms with E-state index in [1.54, 1.807) is 12.1 Å². The minimum absolute atomic E-state index is 0.0910. The van der Waals surface area contributed by atoms with Gasteiger partial charge in [0.05, 0.1) is 4.92 Å². The number of nitro benzene ring substituents is 1. The monoisotopic (exact) mass is 253 g/mol. The fourth-order valence-electron chi connectivity index (χ4n) is 1.63. The number of nitrogens with zero attached hydrogens (tertiary/aromatic N) is 1. The van der Waals surface area contributed by atoms with Gasteiger partial charge in [0, 0.05) is 13.2 Å². The molecule has 0 atom stereocenters. The molecule has 100 valence electrons. The van der Waals surface area contributed by atoms with E-state index < -0.39 is 4.92 Å². The average Bonchev–Trinajstić information content (AvgIpc) is 2.26. The summed E-state index contributed by atoms with van der Waals surface area (Å²) in [6.07, 6.45) is 0.621. The number of nitro groups is 1. The first-order chi connectivity index (χ1) is 8.37. The number of aliphatic hydroxyl groups is 1. The third-order valence-corrected chi connectivity index (χ3v) is 2.80. The lowest BCUT2D eigenvalue weighted by atomic mass is 9.89. The molecule has 0 heterocycles. The van der Waals surface area contributed by atoms with Gasteiger partial charge >= 0.3 is 5.69 Å². The van der Waals surface area contributed by atoms with Crippen molar-refractivity contribution < 1.29 is 10.0 Å². The molecule has 0 saturated carbocycles. The van der Waals surface area contributed by atoms with Crippen LogP contribution < -0.4 is 11.1 Å². The molecule has 0 aliphatic rings. The molecule has 0 fully saturated rings. The molecule has 0 saturated heterocycles. The van der Waals surface area contributed by atoms with Gasteiger partial charge in [-0.2, -0.15) is 0 Å². The lowest BCUT2D eigenvalue weighted by molar-refractivity contribution is -0.383. The number of nitrogens with two attached hydrogens (primary N) is 1. The standard InChI is InChI=1S/C12H19N3O3/c1-12(2,6-7-16)8-14-10-5-3-4-9(13)11(10)15(17)18/h3-5,14,16H,6-8,13H2,1-2H3. The molecule has 4 N–H and O–H groups in total. The molecule has 0 radical (unpaired) electrons. The zero-order valence-corrected chi connectivity index (χ0v) is 10.6. The molecule has 0 aliphatic carbocycles. The Kier molecular flexibility index (Phi) is 4.49. The molecule has 1 aromatic rings. The van der Waals surface area contributed by atoms with Crippen LogP contribution in [-0.2, 0) is 0 Å². The van der Waals surface area contributed by atoms with Gasteiger partial charge in [0.25, 0.3) is 0 Å². The summed E-state index contributed by atoms with van der Waals surface area (Å²) < 4.78 is 0. The third-order valence-electron chi connectivity index (χ3n) is 2.80. The SMILES string of the molecule is CC(C)(CCO)CNc1cccc(N)c1[N+](=O)[O-]. The maximum absolute atomic E-state index is 10.9. The van der Waals surface area contributed by atoms with E-state index >= 15 is 0 Å². The summed E-state index contributed by atoms with van der Waals surface area (Å²) in [4.78, 5) is 10.4. The second-order valence-electron chi connectivity index (χ2n) is 4.99. The predicted molar refractivity (Wildman–Crippen MR) is 71.5 cm³/mol. The number of nitrogen functional groups attached to an aromatic ring is 1. The number of anilines is 2. The number of para-hydroxylation sites is 1. The molecule has 0 bridgehead atoms. The summed E-state index contributed by atoms with van der Waals surface area (Å²) in [5.41, 5.74) is 5.91. The van der Waals surface area contributed by atoms with Crippen molar-refractivity contribution in [3.63, 3.8) is 0 Å². The van der Waals surface area contributed by atoms with Crippen LogP contribution in [0.3, 0.4) is 0 Å². The molecule has 0 spiro atoms. The summed E-state index contributed by atoms with van der Waals surface area (Å²) in [6, 6.07) is 4.80. The van der Waals surface area contributed by atoms with Gasteiger partial charge in [-0.25, -0.2) is 0 Å². The van der Waals surface area contributed by atoms with Crippen molar-refractivity contribution in [1.29, 1.82) is 0 Å². The van der Waals surface area contributed by atoms with Crippen molar-refractivity contribution in [2.45, 2.75) is 20.3 Å². The fraction of sp³-hybridized carbons (Fsp3) is 0.500. The normalized spacial score (nSPS) is 11.3. The van der Waals surface area contributed by atoms with Gasteiger partial charge in [-0.1, -0.05) is 19.9 Å². The number of nitrogens with one attached hydrogen (secondary N) is 1. The van der Waals surface area contributed by atoms with E-state index in [2.05, 4.69) is 5.32 Å². The van der Waals surface area contributed by atoms with E-state index in [1.165, 1.54) is 6.07 Å². The number of hydrogen-bond acceptors (Lipinski definition) is 5. The van der Waals surface area contributed by atoms with E-state index in [0.29, 0.717) is 18.7 Å². The average molecular weight is 253 g/mol. The zero-order chi connectivity index (χ0) is 13.8. The first-order valence-corrected chi connectivity index (χ1v) is 5.75. The van der Waals surface area contributed by atoms with E-state index in [1.807, 2.05) is 13.8 Å². The largest absolute Gasteiger partial charge is 0.396 e. The Bertz CT molecular complexity index is 433. The highest BCUT2D eigenvalue weighted by Gasteiger charge is 2.21. The Morgan fingerprint density at radius 3 is 2.72 bits per heavy atom. The number of hydrogen-bond donors (Lipinski definition) is 3. The van der Waals surface area contributed by atoms with Gasteiger partial charge in [0.15, 0.2) is 0 Å². The van der Waals surface area contributed by atoms with Crippen LogP contribution in [0.2, 0.25) is 0 Å². The molecular weight excluding hydrogens is 234 g/mol. The second kappa shape index (κ2) is 5.68. The Labute approximate surface area is 106 Å². The van der Waals surface area contributed by atoms with E-state index in [-0.39, 0.29) is 23.4 Å². The first kappa shape index (κ1) is 14.2. The maximum atomic E-state index is 10.9. The van der Waals surface area contributed by atoms with Crippen molar-refractivity contribution in [3.05, 3.63) is 28.3 Å². The van der Waals surface area contributed by atoms with Crippen LogP contribution >= 0.6 is 0 Å². The van der Waals surface area contributed by atoms with Crippen LogP contribution in [0, 0.1) is 15.5 Å². The smallest absolute Gasteiger partial charge is 0.314 e. The molecule has 0 unspecified atom stereocenters. The Morgan fingerprint density at radius 1 is 1.50 bits per heavy atom. The lowest BCUT2D eigenvalue weighted by Gasteiger charge is -2.24. The second-order valence-corrected chi connectivity index (χ2v) is 4.99. The van der Waals surface area contributed by atoms with Gasteiger partial charge in [-0.3, -0.25) is 10.1 Å². The van der Waals surface area contributed by atoms with Crippen molar-refractivity contribution >= 4 is 17.1 Å². The number of aliphatic hydroxyl groups excluding tert-OH is 1. The minimum atomic E-state index is -0.489. The van der Waals surface area contributed by atoms with Gasteiger partial charge in [-0.05, 0) is 24.0 Å². The minimum Gasteiger partial charge on any atom is -0.396 e. The van der Waals surface area contributed by atoms with Crippen LogP contribution in [0.4, 0.5) is 17.1 Å².